The highest BCUT2D eigenvalue weighted by Crippen LogP contribution is 2.30. The summed E-state index contributed by atoms with van der Waals surface area (Å²) in [6, 6.07) is 19.0. The summed E-state index contributed by atoms with van der Waals surface area (Å²) in [4.78, 5) is 29.6. The minimum atomic E-state index is -0.839. The van der Waals surface area contributed by atoms with Gasteiger partial charge < -0.3 is 15.0 Å². The molecule has 3 aromatic rings. The second kappa shape index (κ2) is 11.5. The van der Waals surface area contributed by atoms with Crippen LogP contribution in [0, 0.1) is 5.82 Å². The molecule has 4 rings (SSSR count). The third-order valence-electron chi connectivity index (χ3n) is 5.64. The molecule has 0 bridgehead atoms. The van der Waals surface area contributed by atoms with Crippen LogP contribution < -0.4 is 15.0 Å². The molecule has 0 saturated carbocycles. The van der Waals surface area contributed by atoms with E-state index >= 15 is 0 Å². The fourth-order valence-corrected chi connectivity index (χ4v) is 4.47. The van der Waals surface area contributed by atoms with Crippen LogP contribution in [0.1, 0.15) is 25.3 Å². The lowest BCUT2D eigenvalue weighted by atomic mass is 10.1. The van der Waals surface area contributed by atoms with Crippen LogP contribution in [0.5, 0.6) is 5.75 Å². The van der Waals surface area contributed by atoms with Gasteiger partial charge in [-0.3, -0.25) is 14.5 Å². The number of hydrogen-bond donors (Lipinski definition) is 1. The maximum absolute atomic E-state index is 13.5. The first-order valence-electron chi connectivity index (χ1n) is 11.5. The lowest BCUT2D eigenvalue weighted by Gasteiger charge is -2.24. The highest BCUT2D eigenvalue weighted by atomic mass is 35.5. The summed E-state index contributed by atoms with van der Waals surface area (Å²) >= 11 is 11.8. The number of anilines is 2. The molecule has 0 radical (unpaired) electrons. The van der Waals surface area contributed by atoms with Gasteiger partial charge in [-0.1, -0.05) is 36.7 Å². The SMILES string of the molecule is CCCOc1ccc(NC(=O)CC2C(=O)N(c3cccc(Cl)c3)C(=S)N2Cc2ccc(F)cc2)cc1. The van der Waals surface area contributed by atoms with E-state index in [0.29, 0.717) is 28.8 Å². The highest BCUT2D eigenvalue weighted by molar-refractivity contribution is 7.80. The number of halogens is 2. The first-order valence-corrected chi connectivity index (χ1v) is 12.3. The van der Waals surface area contributed by atoms with Crippen molar-refractivity contribution in [1.29, 1.82) is 0 Å². The zero-order valence-corrected chi connectivity index (χ0v) is 21.2. The summed E-state index contributed by atoms with van der Waals surface area (Å²) < 4.78 is 19.0. The average Bonchev–Trinajstić information content (AvgIpc) is 3.08. The molecular formula is C27H25ClFN3O3S. The number of ether oxygens (including phenoxy) is 1. The number of carbonyl (C=O) groups is 2. The number of thiocarbonyl (C=S) groups is 1. The third-order valence-corrected chi connectivity index (χ3v) is 6.29. The Kier molecular flexibility index (Phi) is 8.18. The van der Waals surface area contributed by atoms with E-state index in [4.69, 9.17) is 28.6 Å². The van der Waals surface area contributed by atoms with E-state index in [2.05, 4.69) is 5.32 Å². The quantitative estimate of drug-likeness (QED) is 0.358. The van der Waals surface area contributed by atoms with Gasteiger partial charge in [0, 0.05) is 17.3 Å². The number of rotatable bonds is 9. The van der Waals surface area contributed by atoms with Gasteiger partial charge in [0.15, 0.2) is 5.11 Å². The lowest BCUT2D eigenvalue weighted by molar-refractivity contribution is -0.124. The van der Waals surface area contributed by atoms with Crippen molar-refractivity contribution in [2.75, 3.05) is 16.8 Å². The van der Waals surface area contributed by atoms with Crippen LogP contribution >= 0.6 is 23.8 Å². The van der Waals surface area contributed by atoms with Gasteiger partial charge in [-0.15, -0.1) is 0 Å². The van der Waals surface area contributed by atoms with Crippen molar-refractivity contribution >= 4 is 52.1 Å². The van der Waals surface area contributed by atoms with Crippen LogP contribution in [0.15, 0.2) is 72.8 Å². The van der Waals surface area contributed by atoms with Crippen LogP contribution in [0.2, 0.25) is 5.02 Å². The number of benzene rings is 3. The summed E-state index contributed by atoms with van der Waals surface area (Å²) in [7, 11) is 0. The molecule has 0 aromatic heterocycles. The van der Waals surface area contributed by atoms with E-state index in [9.17, 15) is 14.0 Å². The predicted octanol–water partition coefficient (Wildman–Crippen LogP) is 5.80. The zero-order chi connectivity index (χ0) is 25.7. The van der Waals surface area contributed by atoms with Crippen LogP contribution in [0.25, 0.3) is 0 Å². The second-order valence-electron chi connectivity index (χ2n) is 8.33. The molecule has 3 aromatic carbocycles. The number of hydrogen-bond acceptors (Lipinski definition) is 4. The van der Waals surface area contributed by atoms with Crippen molar-refractivity contribution in [2.45, 2.75) is 32.4 Å². The third kappa shape index (κ3) is 6.01. The van der Waals surface area contributed by atoms with Crippen molar-refractivity contribution in [2.24, 2.45) is 0 Å². The Morgan fingerprint density at radius 2 is 1.83 bits per heavy atom. The van der Waals surface area contributed by atoms with E-state index < -0.39 is 6.04 Å². The Labute approximate surface area is 219 Å². The molecule has 1 aliphatic rings. The molecule has 186 valence electrons. The summed E-state index contributed by atoms with van der Waals surface area (Å²) in [5.41, 5.74) is 1.87. The van der Waals surface area contributed by atoms with E-state index in [0.717, 1.165) is 12.0 Å². The zero-order valence-electron chi connectivity index (χ0n) is 19.6. The van der Waals surface area contributed by atoms with Crippen molar-refractivity contribution in [3.63, 3.8) is 0 Å². The fourth-order valence-electron chi connectivity index (χ4n) is 3.90. The molecular weight excluding hydrogens is 501 g/mol. The Morgan fingerprint density at radius 3 is 2.50 bits per heavy atom. The van der Waals surface area contributed by atoms with Gasteiger partial charge in [0.1, 0.15) is 17.6 Å². The summed E-state index contributed by atoms with van der Waals surface area (Å²) in [6.45, 7) is 2.88. The Hall–Kier alpha value is -3.49. The molecule has 36 heavy (non-hydrogen) atoms. The number of nitrogens with one attached hydrogen (secondary N) is 1. The summed E-state index contributed by atoms with van der Waals surface area (Å²) in [6.07, 6.45) is 0.779. The molecule has 0 spiro atoms. The molecule has 2 amide bonds. The number of amides is 2. The van der Waals surface area contributed by atoms with Gasteiger partial charge in [0.25, 0.3) is 5.91 Å². The van der Waals surface area contributed by atoms with Gasteiger partial charge in [-0.2, -0.15) is 0 Å². The van der Waals surface area contributed by atoms with E-state index in [1.54, 1.807) is 65.6 Å². The molecule has 0 aliphatic carbocycles. The number of carbonyl (C=O) groups excluding carboxylic acids is 2. The van der Waals surface area contributed by atoms with Crippen molar-refractivity contribution in [3.05, 3.63) is 89.2 Å². The second-order valence-corrected chi connectivity index (χ2v) is 9.13. The largest absolute Gasteiger partial charge is 0.494 e. The smallest absolute Gasteiger partial charge is 0.256 e. The Bertz CT molecular complexity index is 1250. The lowest BCUT2D eigenvalue weighted by Crippen LogP contribution is -2.37. The monoisotopic (exact) mass is 525 g/mol. The first kappa shape index (κ1) is 25.6. The fraction of sp³-hybridized carbons (Fsp3) is 0.222. The number of nitrogens with zero attached hydrogens (tertiary/aromatic N) is 2. The van der Waals surface area contributed by atoms with Gasteiger partial charge in [-0.05, 0) is 78.8 Å². The maximum atomic E-state index is 13.5. The maximum Gasteiger partial charge on any atom is 0.256 e. The Morgan fingerprint density at radius 1 is 1.11 bits per heavy atom. The van der Waals surface area contributed by atoms with E-state index in [1.165, 1.54) is 17.0 Å². The van der Waals surface area contributed by atoms with E-state index in [-0.39, 0.29) is 35.7 Å². The van der Waals surface area contributed by atoms with Gasteiger partial charge in [-0.25, -0.2) is 4.39 Å². The highest BCUT2D eigenvalue weighted by Gasteiger charge is 2.44. The van der Waals surface area contributed by atoms with E-state index in [1.807, 2.05) is 6.92 Å². The minimum absolute atomic E-state index is 0.120. The molecule has 1 aliphatic heterocycles. The topological polar surface area (TPSA) is 61.9 Å². The van der Waals surface area contributed by atoms with Crippen molar-refractivity contribution in [3.8, 4) is 5.75 Å². The molecule has 1 saturated heterocycles. The standard InChI is InChI=1S/C27H25ClFN3O3S/c1-2-14-35-23-12-10-21(11-13-23)30-25(33)16-24-26(34)32(22-5-3-4-19(28)15-22)27(36)31(24)17-18-6-8-20(29)9-7-18/h3-13,15,24H,2,14,16-17H2,1H3,(H,30,33). The summed E-state index contributed by atoms with van der Waals surface area (Å²) in [5.74, 6) is -0.312. The van der Waals surface area contributed by atoms with Crippen LogP contribution in [0.3, 0.4) is 0 Å². The van der Waals surface area contributed by atoms with Gasteiger partial charge >= 0.3 is 0 Å². The van der Waals surface area contributed by atoms with Gasteiger partial charge in [0.2, 0.25) is 5.91 Å². The van der Waals surface area contributed by atoms with Crippen LogP contribution in [0.4, 0.5) is 15.8 Å². The molecule has 6 nitrogen and oxygen atoms in total. The summed E-state index contributed by atoms with van der Waals surface area (Å²) in [5, 5.41) is 3.55. The molecule has 1 heterocycles. The average molecular weight is 526 g/mol. The minimum Gasteiger partial charge on any atom is -0.494 e. The molecule has 1 N–H and O–H groups in total. The normalized spacial score (nSPS) is 15.4. The van der Waals surface area contributed by atoms with Crippen molar-refractivity contribution in [1.82, 2.24) is 4.90 Å². The van der Waals surface area contributed by atoms with Crippen molar-refractivity contribution < 1.29 is 18.7 Å². The Balaban J connectivity index is 1.54. The first-order chi connectivity index (χ1) is 17.4. The molecule has 1 fully saturated rings. The molecule has 1 atom stereocenters. The molecule has 9 heteroatoms. The molecule has 1 unspecified atom stereocenters. The van der Waals surface area contributed by atoms with Crippen LogP contribution in [-0.2, 0) is 16.1 Å². The van der Waals surface area contributed by atoms with Gasteiger partial charge in [0.05, 0.1) is 18.7 Å². The van der Waals surface area contributed by atoms with Crippen LogP contribution in [-0.4, -0.2) is 34.5 Å². The predicted molar refractivity (Wildman–Crippen MR) is 143 cm³/mol.